The van der Waals surface area contributed by atoms with Crippen LogP contribution in [0.5, 0.6) is 0 Å². The Bertz CT molecular complexity index is 272. The second kappa shape index (κ2) is 4.25. The van der Waals surface area contributed by atoms with Crippen LogP contribution in [-0.2, 0) is 16.0 Å². The van der Waals surface area contributed by atoms with Gasteiger partial charge < -0.3 is 9.26 Å². The molecule has 0 aliphatic carbocycles. The number of halogens is 1. The number of aromatic nitrogens is 1. The first kappa shape index (κ1) is 9.25. The molecule has 4 nitrogen and oxygen atoms in total. The van der Waals surface area contributed by atoms with Gasteiger partial charge in [-0.15, -0.1) is 0 Å². The van der Waals surface area contributed by atoms with Crippen molar-refractivity contribution in [3.05, 3.63) is 15.9 Å². The molecule has 0 atom stereocenters. The fourth-order valence-corrected chi connectivity index (χ4v) is 1.08. The molecule has 66 valence electrons. The highest BCUT2D eigenvalue weighted by Gasteiger charge is 2.08. The molecule has 5 heteroatoms. The predicted molar refractivity (Wildman–Crippen MR) is 44.7 cm³/mol. The van der Waals surface area contributed by atoms with Crippen molar-refractivity contribution in [3.63, 3.8) is 0 Å². The quantitative estimate of drug-likeness (QED) is 0.584. The van der Waals surface area contributed by atoms with Gasteiger partial charge >= 0.3 is 0 Å². The van der Waals surface area contributed by atoms with E-state index < -0.39 is 0 Å². The minimum atomic E-state index is 0.337. The van der Waals surface area contributed by atoms with Crippen LogP contribution in [0.3, 0.4) is 0 Å². The van der Waals surface area contributed by atoms with Crippen molar-refractivity contribution in [3.8, 4) is 0 Å². The lowest BCUT2D eigenvalue weighted by Crippen LogP contribution is -1.98. The third-order valence-corrected chi connectivity index (χ3v) is 2.23. The average Bonchev–Trinajstić information content (AvgIpc) is 2.36. The lowest BCUT2D eigenvalue weighted by Gasteiger charge is -1.94. The molecule has 0 unspecified atom stereocenters. The Morgan fingerprint density at radius 1 is 1.75 bits per heavy atom. The molecule has 1 aromatic rings. The summed E-state index contributed by atoms with van der Waals surface area (Å²) in [6, 6.07) is 0. The molecule has 0 aliphatic rings. The van der Waals surface area contributed by atoms with E-state index in [1.54, 1.807) is 0 Å². The molecule has 0 amide bonds. The molecule has 1 aromatic heterocycles. The smallest absolute Gasteiger partial charge is 0.293 e. The summed E-state index contributed by atoms with van der Waals surface area (Å²) in [4.78, 5) is 9.81. The zero-order valence-electron chi connectivity index (χ0n) is 6.54. The maximum absolute atomic E-state index is 9.81. The zero-order valence-corrected chi connectivity index (χ0v) is 8.13. The number of nitrogens with zero attached hydrogens (tertiary/aromatic N) is 1. The summed E-state index contributed by atoms with van der Waals surface area (Å²) < 4.78 is 10.0. The normalized spacial score (nSPS) is 9.83. The molecule has 12 heavy (non-hydrogen) atoms. The van der Waals surface area contributed by atoms with Crippen LogP contribution in [0.25, 0.3) is 0 Å². The molecule has 0 aromatic carbocycles. The van der Waals surface area contributed by atoms with Crippen molar-refractivity contribution in [2.75, 3.05) is 6.61 Å². The highest BCUT2D eigenvalue weighted by molar-refractivity contribution is 9.10. The van der Waals surface area contributed by atoms with Gasteiger partial charge in [-0.2, -0.15) is 0 Å². The Kier molecular flexibility index (Phi) is 3.28. The first-order valence-corrected chi connectivity index (χ1v) is 4.21. The molecule has 0 spiro atoms. The van der Waals surface area contributed by atoms with E-state index in [0.717, 1.165) is 11.3 Å². The van der Waals surface area contributed by atoms with Gasteiger partial charge in [-0.25, -0.2) is 0 Å². The van der Waals surface area contributed by atoms with Crippen LogP contribution in [0.2, 0.25) is 0 Å². The van der Waals surface area contributed by atoms with Crippen LogP contribution in [-0.4, -0.2) is 18.2 Å². The number of ether oxygens (including phenoxy) is 1. The molecule has 0 fully saturated rings. The van der Waals surface area contributed by atoms with Gasteiger partial charge in [-0.3, -0.25) is 4.79 Å². The summed E-state index contributed by atoms with van der Waals surface area (Å²) >= 11 is 3.19. The molecule has 0 N–H and O–H groups in total. The van der Waals surface area contributed by atoms with Crippen LogP contribution in [0.4, 0.5) is 0 Å². The van der Waals surface area contributed by atoms with E-state index in [1.807, 2.05) is 6.92 Å². The van der Waals surface area contributed by atoms with Crippen LogP contribution < -0.4 is 0 Å². The first-order chi connectivity index (χ1) is 5.75. The van der Waals surface area contributed by atoms with E-state index in [4.69, 9.17) is 4.52 Å². The minimum absolute atomic E-state index is 0.337. The van der Waals surface area contributed by atoms with Gasteiger partial charge in [0.25, 0.3) is 6.47 Å². The minimum Gasteiger partial charge on any atom is -0.467 e. The van der Waals surface area contributed by atoms with Crippen molar-refractivity contribution in [1.82, 2.24) is 5.16 Å². The molecule has 1 rings (SSSR count). The van der Waals surface area contributed by atoms with Crippen LogP contribution in [0.1, 0.15) is 11.3 Å². The Hall–Kier alpha value is -0.840. The van der Waals surface area contributed by atoms with E-state index in [1.165, 1.54) is 0 Å². The van der Waals surface area contributed by atoms with Crippen LogP contribution in [0, 0.1) is 6.92 Å². The molecule has 0 bridgehead atoms. The fourth-order valence-electron chi connectivity index (χ4n) is 0.782. The van der Waals surface area contributed by atoms with E-state index in [-0.39, 0.29) is 0 Å². The molecular weight excluding hydrogens is 226 g/mol. The Morgan fingerprint density at radius 3 is 3.00 bits per heavy atom. The number of carbonyl (C=O) groups excluding carboxylic acids is 1. The van der Waals surface area contributed by atoms with Crippen molar-refractivity contribution in [2.24, 2.45) is 0 Å². The molecular formula is C7H8BrNO3. The second-order valence-corrected chi connectivity index (χ2v) is 2.97. The summed E-state index contributed by atoms with van der Waals surface area (Å²) in [6.45, 7) is 2.64. The lowest BCUT2D eigenvalue weighted by molar-refractivity contribution is -0.128. The van der Waals surface area contributed by atoms with Gasteiger partial charge in [0.2, 0.25) is 4.67 Å². The van der Waals surface area contributed by atoms with Gasteiger partial charge in [0.1, 0.15) is 0 Å². The second-order valence-electron chi connectivity index (χ2n) is 2.24. The standard InChI is InChI=1S/C7H8BrNO3/c1-5-6(2-3-11-4-10)9-12-7(5)8/h4H,2-3H2,1H3. The zero-order chi connectivity index (χ0) is 8.97. The lowest BCUT2D eigenvalue weighted by atomic mass is 10.2. The molecule has 0 saturated carbocycles. The topological polar surface area (TPSA) is 52.3 Å². The third-order valence-electron chi connectivity index (χ3n) is 1.49. The number of carbonyl (C=O) groups is 1. The monoisotopic (exact) mass is 233 g/mol. The predicted octanol–water partition coefficient (Wildman–Crippen LogP) is 1.46. The maximum Gasteiger partial charge on any atom is 0.293 e. The van der Waals surface area contributed by atoms with Gasteiger partial charge in [0.15, 0.2) is 0 Å². The van der Waals surface area contributed by atoms with E-state index in [2.05, 4.69) is 25.8 Å². The van der Waals surface area contributed by atoms with E-state index >= 15 is 0 Å². The summed E-state index contributed by atoms with van der Waals surface area (Å²) in [5.41, 5.74) is 1.76. The Morgan fingerprint density at radius 2 is 2.50 bits per heavy atom. The molecule has 1 heterocycles. The summed E-state index contributed by atoms with van der Waals surface area (Å²) in [6.07, 6.45) is 0.583. The van der Waals surface area contributed by atoms with Gasteiger partial charge in [0, 0.05) is 12.0 Å². The number of hydrogen-bond acceptors (Lipinski definition) is 4. The van der Waals surface area contributed by atoms with Crippen LogP contribution >= 0.6 is 15.9 Å². The third kappa shape index (κ3) is 2.07. The molecule has 0 aliphatic heterocycles. The van der Waals surface area contributed by atoms with E-state index in [9.17, 15) is 4.79 Å². The van der Waals surface area contributed by atoms with Crippen molar-refractivity contribution < 1.29 is 14.1 Å². The number of hydrogen-bond donors (Lipinski definition) is 0. The van der Waals surface area contributed by atoms with Gasteiger partial charge in [-0.1, -0.05) is 5.16 Å². The highest BCUT2D eigenvalue weighted by Crippen LogP contribution is 2.18. The average molecular weight is 234 g/mol. The Balaban J connectivity index is 2.51. The SMILES string of the molecule is Cc1c(CCOC=O)noc1Br. The molecule has 0 saturated heterocycles. The number of rotatable bonds is 4. The maximum atomic E-state index is 9.81. The largest absolute Gasteiger partial charge is 0.467 e. The fraction of sp³-hybridized carbons (Fsp3) is 0.429. The summed E-state index contributed by atoms with van der Waals surface area (Å²) in [7, 11) is 0. The van der Waals surface area contributed by atoms with Crippen molar-refractivity contribution in [1.29, 1.82) is 0 Å². The summed E-state index contributed by atoms with van der Waals surface area (Å²) in [5, 5.41) is 3.77. The van der Waals surface area contributed by atoms with E-state index in [0.29, 0.717) is 24.2 Å². The molecule has 0 radical (unpaired) electrons. The Labute approximate surface area is 78.0 Å². The van der Waals surface area contributed by atoms with Crippen molar-refractivity contribution >= 4 is 22.4 Å². The van der Waals surface area contributed by atoms with Gasteiger partial charge in [0.05, 0.1) is 12.3 Å². The van der Waals surface area contributed by atoms with Crippen LogP contribution in [0.15, 0.2) is 9.19 Å². The van der Waals surface area contributed by atoms with Crippen molar-refractivity contribution in [2.45, 2.75) is 13.3 Å². The van der Waals surface area contributed by atoms with Gasteiger partial charge in [-0.05, 0) is 22.9 Å². The summed E-state index contributed by atoms with van der Waals surface area (Å²) in [5.74, 6) is 0. The first-order valence-electron chi connectivity index (χ1n) is 3.41. The highest BCUT2D eigenvalue weighted by atomic mass is 79.9.